The van der Waals surface area contributed by atoms with Gasteiger partial charge in [-0.15, -0.1) is 11.3 Å². The quantitative estimate of drug-likeness (QED) is 0.300. The maximum atomic E-state index is 16.0. The summed E-state index contributed by atoms with van der Waals surface area (Å²) >= 11 is 1.51. The number of fused-ring (bicyclic) bond motifs is 1. The molecule has 0 radical (unpaired) electrons. The van der Waals surface area contributed by atoms with E-state index >= 15 is 4.39 Å². The molecule has 2 aromatic carbocycles. The van der Waals surface area contributed by atoms with Crippen LogP contribution < -0.4 is 14.4 Å². The summed E-state index contributed by atoms with van der Waals surface area (Å²) < 4.78 is 39.4. The summed E-state index contributed by atoms with van der Waals surface area (Å²) in [7, 11) is 1.64. The lowest BCUT2D eigenvalue weighted by atomic mass is 9.93. The molecule has 0 bridgehead atoms. The van der Waals surface area contributed by atoms with Crippen LogP contribution in [0.5, 0.6) is 11.5 Å². The van der Waals surface area contributed by atoms with Crippen LogP contribution in [-0.2, 0) is 33.8 Å². The highest BCUT2D eigenvalue weighted by Crippen LogP contribution is 2.38. The number of carboxylic acid groups (broad SMARTS) is 1. The lowest BCUT2D eigenvalue weighted by molar-refractivity contribution is -0.148. The Morgan fingerprint density at radius 1 is 1.16 bits per heavy atom. The van der Waals surface area contributed by atoms with Crippen molar-refractivity contribution in [1.29, 1.82) is 0 Å². The van der Waals surface area contributed by atoms with Gasteiger partial charge in [0.1, 0.15) is 23.9 Å². The molecule has 45 heavy (non-hydrogen) atoms. The highest BCUT2D eigenvalue weighted by atomic mass is 32.1. The first kappa shape index (κ1) is 31.7. The summed E-state index contributed by atoms with van der Waals surface area (Å²) in [5.41, 5.74) is 4.78. The number of ether oxygens (including phenoxy) is 4. The average molecular weight is 640 g/mol. The van der Waals surface area contributed by atoms with Crippen LogP contribution in [0.2, 0.25) is 0 Å². The molecule has 0 amide bonds. The van der Waals surface area contributed by atoms with Crippen LogP contribution in [0.25, 0.3) is 11.3 Å². The molecule has 1 N–H and O–H groups in total. The molecule has 2 saturated heterocycles. The minimum absolute atomic E-state index is 0.0605. The summed E-state index contributed by atoms with van der Waals surface area (Å²) in [4.78, 5) is 21.2. The Labute approximate surface area is 267 Å². The monoisotopic (exact) mass is 639 g/mol. The Morgan fingerprint density at radius 2 is 1.98 bits per heavy atom. The molecule has 2 fully saturated rings. The van der Waals surface area contributed by atoms with Gasteiger partial charge in [-0.3, -0.25) is 9.69 Å². The maximum absolute atomic E-state index is 16.0. The third kappa shape index (κ3) is 6.82. The number of piperidine rings is 1. The number of hydrogen-bond acceptors (Lipinski definition) is 9. The third-order valence-electron chi connectivity index (χ3n) is 9.27. The summed E-state index contributed by atoms with van der Waals surface area (Å²) in [6.07, 6.45) is 2.75. The molecular formula is C34H42FN3O6S. The van der Waals surface area contributed by atoms with E-state index < -0.39 is 11.9 Å². The highest BCUT2D eigenvalue weighted by molar-refractivity contribution is 7.14. The Hall–Kier alpha value is -3.25. The minimum Gasteiger partial charge on any atom is -0.496 e. The molecule has 242 valence electrons. The van der Waals surface area contributed by atoms with Crippen LogP contribution in [0.15, 0.2) is 29.6 Å². The standard InChI is InChI=1S/C34H42FN3O6S/c1-4-43-31-18-38(12-8-25(31)33(39)40)34-36-28(20-45-34)26-15-21(2)5-6-29(26)44-19-22-16-30(41-3)27-17-37(11-7-24(27)32(22)35)23-9-13-42-14-10-23/h5-6,15-16,20,23,25,31H,4,7-14,17-19H2,1-3H3,(H,39,40)/t25-,31+/m0/s1. The Morgan fingerprint density at radius 3 is 2.73 bits per heavy atom. The molecule has 0 spiro atoms. The zero-order valence-electron chi connectivity index (χ0n) is 26.2. The number of aromatic nitrogens is 1. The largest absolute Gasteiger partial charge is 0.496 e. The Bertz CT molecular complexity index is 1510. The van der Waals surface area contributed by atoms with Gasteiger partial charge in [-0.2, -0.15) is 0 Å². The summed E-state index contributed by atoms with van der Waals surface area (Å²) in [6, 6.07) is 8.15. The molecule has 9 nitrogen and oxygen atoms in total. The number of aliphatic carboxylic acids is 1. The van der Waals surface area contributed by atoms with Gasteiger partial charge in [-0.25, -0.2) is 9.37 Å². The molecular weight excluding hydrogens is 597 g/mol. The summed E-state index contributed by atoms with van der Waals surface area (Å²) in [5.74, 6) is -0.232. The molecule has 4 heterocycles. The lowest BCUT2D eigenvalue weighted by Crippen LogP contribution is -2.48. The van der Waals surface area contributed by atoms with Crippen LogP contribution in [0.4, 0.5) is 9.52 Å². The second kappa shape index (κ2) is 14.0. The SMILES string of the molecule is CCO[C@@H]1CN(c2nc(-c3cc(C)ccc3OCc3cc(OC)c4c(c3F)CCN(C3CCOCC3)C4)cs2)CC[C@@H]1C(=O)O. The normalized spacial score (nSPS) is 21.0. The van der Waals surface area contributed by atoms with Crippen molar-refractivity contribution in [2.45, 2.75) is 64.8 Å². The van der Waals surface area contributed by atoms with E-state index in [4.69, 9.17) is 23.9 Å². The number of benzene rings is 2. The number of rotatable bonds is 10. The second-order valence-corrected chi connectivity index (χ2v) is 12.9. The smallest absolute Gasteiger partial charge is 0.309 e. The van der Waals surface area contributed by atoms with Gasteiger partial charge in [0.25, 0.3) is 0 Å². The van der Waals surface area contributed by atoms with E-state index in [2.05, 4.69) is 9.80 Å². The van der Waals surface area contributed by atoms with Gasteiger partial charge in [0.2, 0.25) is 0 Å². The summed E-state index contributed by atoms with van der Waals surface area (Å²) in [6.45, 7) is 8.53. The van der Waals surface area contributed by atoms with Crippen molar-refractivity contribution >= 4 is 22.4 Å². The van der Waals surface area contributed by atoms with Crippen molar-refractivity contribution < 1.29 is 33.2 Å². The fourth-order valence-corrected chi connectivity index (χ4v) is 7.68. The molecule has 6 rings (SSSR count). The third-order valence-corrected chi connectivity index (χ3v) is 10.2. The minimum atomic E-state index is -0.820. The zero-order valence-corrected chi connectivity index (χ0v) is 27.0. The van der Waals surface area contributed by atoms with Gasteiger partial charge in [0.15, 0.2) is 5.13 Å². The van der Waals surface area contributed by atoms with E-state index in [1.165, 1.54) is 11.3 Å². The van der Waals surface area contributed by atoms with Crippen molar-refractivity contribution in [2.24, 2.45) is 5.92 Å². The van der Waals surface area contributed by atoms with Crippen LogP contribution in [0, 0.1) is 18.7 Å². The predicted molar refractivity (Wildman–Crippen MR) is 171 cm³/mol. The zero-order chi connectivity index (χ0) is 31.5. The predicted octanol–water partition coefficient (Wildman–Crippen LogP) is 5.70. The van der Waals surface area contributed by atoms with Gasteiger partial charge in [0, 0.05) is 74.1 Å². The average Bonchev–Trinajstić information content (AvgIpc) is 3.55. The molecule has 2 atom stereocenters. The van der Waals surface area contributed by atoms with E-state index in [9.17, 15) is 9.90 Å². The molecule has 3 aromatic rings. The van der Waals surface area contributed by atoms with Gasteiger partial charge in [-0.1, -0.05) is 11.6 Å². The molecule has 3 aliphatic heterocycles. The van der Waals surface area contributed by atoms with Crippen molar-refractivity contribution in [2.75, 3.05) is 51.5 Å². The van der Waals surface area contributed by atoms with E-state index in [0.29, 0.717) is 62.2 Å². The van der Waals surface area contributed by atoms with Crippen molar-refractivity contribution in [3.63, 3.8) is 0 Å². The van der Waals surface area contributed by atoms with Gasteiger partial charge >= 0.3 is 5.97 Å². The van der Waals surface area contributed by atoms with Crippen molar-refractivity contribution in [3.05, 3.63) is 57.7 Å². The number of nitrogens with zero attached hydrogens (tertiary/aromatic N) is 3. The number of halogens is 1. The number of carbonyl (C=O) groups is 1. The highest BCUT2D eigenvalue weighted by Gasteiger charge is 2.36. The Kier molecular flexibility index (Phi) is 9.89. The maximum Gasteiger partial charge on any atom is 0.309 e. The number of anilines is 1. The molecule has 1 aromatic heterocycles. The fourth-order valence-electron chi connectivity index (χ4n) is 6.82. The van der Waals surface area contributed by atoms with Crippen LogP contribution in [-0.4, -0.2) is 79.7 Å². The number of carboxylic acids is 1. The number of methoxy groups -OCH3 is 1. The van der Waals surface area contributed by atoms with Crippen LogP contribution in [0.3, 0.4) is 0 Å². The topological polar surface area (TPSA) is 93.6 Å². The molecule has 11 heteroatoms. The molecule has 0 unspecified atom stereocenters. The summed E-state index contributed by atoms with van der Waals surface area (Å²) in [5, 5.41) is 12.4. The van der Waals surface area contributed by atoms with Crippen LogP contribution in [0.1, 0.15) is 48.4 Å². The molecule has 3 aliphatic rings. The first-order valence-corrected chi connectivity index (χ1v) is 16.7. The van der Waals surface area contributed by atoms with E-state index in [0.717, 1.165) is 65.7 Å². The van der Waals surface area contributed by atoms with Crippen LogP contribution >= 0.6 is 11.3 Å². The second-order valence-electron chi connectivity index (χ2n) is 12.0. The van der Waals surface area contributed by atoms with Crippen molar-refractivity contribution in [1.82, 2.24) is 9.88 Å². The number of aryl methyl sites for hydroxylation is 1. The number of hydrogen-bond donors (Lipinski definition) is 1. The van der Waals surface area contributed by atoms with E-state index in [1.807, 2.05) is 37.4 Å². The Balaban J connectivity index is 1.19. The molecule has 0 saturated carbocycles. The first-order valence-electron chi connectivity index (χ1n) is 15.8. The van der Waals surface area contributed by atoms with Gasteiger partial charge < -0.3 is 29.0 Å². The van der Waals surface area contributed by atoms with E-state index in [-0.39, 0.29) is 18.5 Å². The number of thiazole rings is 1. The van der Waals surface area contributed by atoms with Crippen molar-refractivity contribution in [3.8, 4) is 22.8 Å². The molecule has 0 aliphatic carbocycles. The first-order chi connectivity index (χ1) is 21.9. The van der Waals surface area contributed by atoms with Gasteiger partial charge in [0.05, 0.1) is 24.8 Å². The van der Waals surface area contributed by atoms with E-state index in [1.54, 1.807) is 13.2 Å². The lowest BCUT2D eigenvalue weighted by Gasteiger charge is -2.38. The fraction of sp³-hybridized carbons (Fsp3) is 0.529. The van der Waals surface area contributed by atoms with Gasteiger partial charge in [-0.05, 0) is 63.3 Å².